The molecule has 0 amide bonds. The van der Waals surface area contributed by atoms with E-state index in [4.69, 9.17) is 14.2 Å². The predicted octanol–water partition coefficient (Wildman–Crippen LogP) is 3.22. The summed E-state index contributed by atoms with van der Waals surface area (Å²) in [5.74, 6) is -0.398. The second-order valence-electron chi connectivity index (χ2n) is 7.92. The van der Waals surface area contributed by atoms with Gasteiger partial charge in [-0.05, 0) is 53.6 Å². The summed E-state index contributed by atoms with van der Waals surface area (Å²) in [5, 5.41) is 1.77. The highest BCUT2D eigenvalue weighted by atomic mass is 32.2. The molecule has 0 atom stereocenters. The van der Waals surface area contributed by atoms with Crippen LogP contribution in [0.25, 0.3) is 10.8 Å². The van der Waals surface area contributed by atoms with Crippen molar-refractivity contribution < 1.29 is 32.2 Å². The number of fused-ring (bicyclic) bond motifs is 1. The minimum Gasteiger partial charge on any atom is -0.497 e. The number of hydrogen-bond donors (Lipinski definition) is 0. The molecule has 0 aliphatic carbocycles. The van der Waals surface area contributed by atoms with Gasteiger partial charge < -0.3 is 14.2 Å². The van der Waals surface area contributed by atoms with Crippen LogP contribution in [-0.2, 0) is 19.5 Å². The predicted molar refractivity (Wildman–Crippen MR) is 126 cm³/mol. The van der Waals surface area contributed by atoms with E-state index >= 15 is 0 Å². The fraction of sp³-hybridized carbons (Fsp3) is 0.280. The van der Waals surface area contributed by atoms with Gasteiger partial charge in [0.05, 0.1) is 30.8 Å². The first-order valence-corrected chi connectivity index (χ1v) is 12.2. The van der Waals surface area contributed by atoms with E-state index < -0.39 is 22.6 Å². The average Bonchev–Trinajstić information content (AvgIpc) is 2.87. The topological polar surface area (TPSA) is 99.2 Å². The quantitative estimate of drug-likeness (QED) is 0.376. The molecule has 0 bridgehead atoms. The van der Waals surface area contributed by atoms with E-state index in [0.717, 1.165) is 10.8 Å². The van der Waals surface area contributed by atoms with Gasteiger partial charge in [0.2, 0.25) is 10.0 Å². The number of carbonyl (C=O) groups excluding carboxylic acids is 2. The third-order valence-corrected chi connectivity index (χ3v) is 7.64. The second-order valence-corrected chi connectivity index (χ2v) is 9.86. The van der Waals surface area contributed by atoms with Crippen LogP contribution >= 0.6 is 0 Å². The minimum absolute atomic E-state index is 0.00299. The minimum atomic E-state index is -3.77. The van der Waals surface area contributed by atoms with Crippen LogP contribution in [0, 0.1) is 6.92 Å². The number of nitrogens with zero attached hydrogens (tertiary/aromatic N) is 1. The van der Waals surface area contributed by atoms with Gasteiger partial charge in [0.15, 0.2) is 12.4 Å². The number of ether oxygens (including phenoxy) is 3. The molecule has 3 aromatic carbocycles. The third-order valence-electron chi connectivity index (χ3n) is 5.74. The maximum Gasteiger partial charge on any atom is 0.338 e. The highest BCUT2D eigenvalue weighted by Crippen LogP contribution is 2.23. The van der Waals surface area contributed by atoms with Crippen molar-refractivity contribution in [3.63, 3.8) is 0 Å². The van der Waals surface area contributed by atoms with E-state index in [2.05, 4.69) is 0 Å². The molecule has 1 saturated heterocycles. The van der Waals surface area contributed by atoms with Gasteiger partial charge in [-0.2, -0.15) is 4.31 Å². The molecule has 1 aliphatic heterocycles. The molecule has 4 rings (SSSR count). The molecular weight excluding hydrogens is 458 g/mol. The molecule has 1 fully saturated rings. The van der Waals surface area contributed by atoms with Crippen LogP contribution < -0.4 is 4.74 Å². The zero-order valence-corrected chi connectivity index (χ0v) is 19.8. The van der Waals surface area contributed by atoms with Crippen molar-refractivity contribution in [3.05, 3.63) is 71.3 Å². The summed E-state index contributed by atoms with van der Waals surface area (Å²) in [6, 6.07) is 15.0. The molecule has 0 N–H and O–H groups in total. The number of benzene rings is 3. The van der Waals surface area contributed by atoms with Gasteiger partial charge in [-0.25, -0.2) is 13.2 Å². The summed E-state index contributed by atoms with van der Waals surface area (Å²) in [4.78, 5) is 25.4. The standard InChI is InChI=1S/C25H25NO7S/c1-17-3-8-22(34(29,30)26-9-11-32-12-10-26)15-23(17)25(28)33-16-24(27)20-5-4-19-14-21(31-2)7-6-18(19)13-20/h3-8,13-15H,9-12,16H2,1-2H3. The summed E-state index contributed by atoms with van der Waals surface area (Å²) in [7, 11) is -2.18. The molecule has 1 aliphatic rings. The number of hydrogen-bond acceptors (Lipinski definition) is 7. The molecular formula is C25H25NO7S. The van der Waals surface area contributed by atoms with Gasteiger partial charge >= 0.3 is 5.97 Å². The Balaban J connectivity index is 1.48. The first kappa shape index (κ1) is 23.9. The summed E-state index contributed by atoms with van der Waals surface area (Å²) in [6.45, 7) is 2.38. The van der Waals surface area contributed by atoms with Crippen LogP contribution in [0.15, 0.2) is 59.5 Å². The van der Waals surface area contributed by atoms with Crippen molar-refractivity contribution in [1.29, 1.82) is 0 Å². The molecule has 0 unspecified atom stereocenters. The molecule has 1 heterocycles. The lowest BCUT2D eigenvalue weighted by molar-refractivity contribution is 0.0473. The summed E-state index contributed by atoms with van der Waals surface area (Å²) in [6.07, 6.45) is 0. The monoisotopic (exact) mass is 483 g/mol. The second kappa shape index (κ2) is 9.92. The normalized spacial score (nSPS) is 14.6. The van der Waals surface area contributed by atoms with E-state index in [1.807, 2.05) is 12.1 Å². The number of morpholine rings is 1. The van der Waals surface area contributed by atoms with Gasteiger partial charge in [-0.1, -0.05) is 24.3 Å². The van der Waals surface area contributed by atoms with Crippen molar-refractivity contribution in [2.45, 2.75) is 11.8 Å². The Morgan fingerprint density at radius 1 is 0.971 bits per heavy atom. The van der Waals surface area contributed by atoms with Crippen molar-refractivity contribution in [1.82, 2.24) is 4.31 Å². The lowest BCUT2D eigenvalue weighted by atomic mass is 10.0. The van der Waals surface area contributed by atoms with E-state index in [1.165, 1.54) is 16.4 Å². The van der Waals surface area contributed by atoms with Gasteiger partial charge in [0, 0.05) is 18.7 Å². The molecule has 3 aromatic rings. The lowest BCUT2D eigenvalue weighted by Gasteiger charge is -2.26. The molecule has 0 radical (unpaired) electrons. The van der Waals surface area contributed by atoms with Crippen molar-refractivity contribution in [3.8, 4) is 5.75 Å². The SMILES string of the molecule is COc1ccc2cc(C(=O)COC(=O)c3cc(S(=O)(=O)N4CCOCC4)ccc3C)ccc2c1. The number of ketones is 1. The molecule has 178 valence electrons. The Kier molecular flexibility index (Phi) is 6.97. The maximum absolute atomic E-state index is 12.9. The summed E-state index contributed by atoms with van der Waals surface area (Å²) < 4.78 is 42.9. The Morgan fingerprint density at radius 3 is 2.41 bits per heavy atom. The number of esters is 1. The zero-order valence-electron chi connectivity index (χ0n) is 18.9. The van der Waals surface area contributed by atoms with Crippen molar-refractivity contribution >= 4 is 32.5 Å². The van der Waals surface area contributed by atoms with E-state index in [1.54, 1.807) is 44.4 Å². The first-order valence-electron chi connectivity index (χ1n) is 10.8. The van der Waals surface area contributed by atoms with E-state index in [-0.39, 0.29) is 29.3 Å². The molecule has 9 heteroatoms. The van der Waals surface area contributed by atoms with Crippen LogP contribution in [0.4, 0.5) is 0 Å². The number of Topliss-reactive ketones (excluding diaryl/α,β-unsaturated/α-hetero) is 1. The smallest absolute Gasteiger partial charge is 0.338 e. The van der Waals surface area contributed by atoms with E-state index in [9.17, 15) is 18.0 Å². The highest BCUT2D eigenvalue weighted by Gasteiger charge is 2.27. The number of aryl methyl sites for hydroxylation is 1. The molecule has 8 nitrogen and oxygen atoms in total. The lowest BCUT2D eigenvalue weighted by Crippen LogP contribution is -2.40. The fourth-order valence-corrected chi connectivity index (χ4v) is 5.17. The van der Waals surface area contributed by atoms with Crippen molar-refractivity contribution in [2.75, 3.05) is 40.0 Å². The molecule has 34 heavy (non-hydrogen) atoms. The average molecular weight is 484 g/mol. The van der Waals surface area contributed by atoms with Gasteiger partial charge in [-0.15, -0.1) is 0 Å². The van der Waals surface area contributed by atoms with Gasteiger partial charge in [-0.3, -0.25) is 4.79 Å². The third kappa shape index (κ3) is 4.96. The Morgan fingerprint density at radius 2 is 1.68 bits per heavy atom. The number of carbonyl (C=O) groups is 2. The number of methoxy groups -OCH3 is 1. The van der Waals surface area contributed by atoms with Crippen LogP contribution in [0.5, 0.6) is 5.75 Å². The van der Waals surface area contributed by atoms with Crippen LogP contribution in [0.1, 0.15) is 26.3 Å². The maximum atomic E-state index is 12.9. The number of rotatable bonds is 7. The number of sulfonamides is 1. The Bertz CT molecular complexity index is 1340. The molecule has 0 saturated carbocycles. The van der Waals surface area contributed by atoms with Crippen LogP contribution in [0.3, 0.4) is 0 Å². The Hall–Kier alpha value is -3.27. The van der Waals surface area contributed by atoms with Crippen molar-refractivity contribution in [2.24, 2.45) is 0 Å². The molecule has 0 aromatic heterocycles. The highest BCUT2D eigenvalue weighted by molar-refractivity contribution is 7.89. The van der Waals surface area contributed by atoms with Gasteiger partial charge in [0.25, 0.3) is 0 Å². The van der Waals surface area contributed by atoms with Crippen LogP contribution in [0.2, 0.25) is 0 Å². The summed E-state index contributed by atoms with van der Waals surface area (Å²) >= 11 is 0. The zero-order chi connectivity index (χ0) is 24.3. The largest absolute Gasteiger partial charge is 0.497 e. The summed E-state index contributed by atoms with van der Waals surface area (Å²) in [5.41, 5.74) is 1.07. The van der Waals surface area contributed by atoms with E-state index in [0.29, 0.717) is 30.1 Å². The Labute approximate surface area is 198 Å². The molecule has 0 spiro atoms. The van der Waals surface area contributed by atoms with Gasteiger partial charge in [0.1, 0.15) is 5.75 Å². The van der Waals surface area contributed by atoms with Crippen LogP contribution in [-0.4, -0.2) is 64.5 Å². The first-order chi connectivity index (χ1) is 16.3. The fourth-order valence-electron chi connectivity index (χ4n) is 3.73.